The number of hydrogen-bond acceptors (Lipinski definition) is 6. The van der Waals surface area contributed by atoms with Crippen LogP contribution in [0.4, 0.5) is 10.5 Å². The predicted octanol–water partition coefficient (Wildman–Crippen LogP) is 1.78. The van der Waals surface area contributed by atoms with Crippen molar-refractivity contribution >= 4 is 23.5 Å². The van der Waals surface area contributed by atoms with Gasteiger partial charge in [-0.1, -0.05) is 18.2 Å². The second kappa shape index (κ2) is 7.40. The Morgan fingerprint density at radius 2 is 2.00 bits per heavy atom. The molecule has 0 aliphatic carbocycles. The van der Waals surface area contributed by atoms with Crippen molar-refractivity contribution in [2.75, 3.05) is 18.7 Å². The number of anilines is 1. The fraction of sp³-hybridized carbons (Fsp3) is 0.238. The summed E-state index contributed by atoms with van der Waals surface area (Å²) < 4.78 is 10.6. The van der Waals surface area contributed by atoms with E-state index in [4.69, 9.17) is 14.7 Å². The third-order valence-electron chi connectivity index (χ3n) is 4.96. The van der Waals surface area contributed by atoms with Crippen molar-refractivity contribution in [2.24, 2.45) is 0 Å². The summed E-state index contributed by atoms with van der Waals surface area (Å²) in [4.78, 5) is 38.6. The second-order valence-corrected chi connectivity index (χ2v) is 7.22. The summed E-state index contributed by atoms with van der Waals surface area (Å²) in [6.07, 6.45) is 0.226. The van der Waals surface area contributed by atoms with E-state index in [0.29, 0.717) is 17.2 Å². The van der Waals surface area contributed by atoms with Crippen molar-refractivity contribution in [2.45, 2.75) is 18.9 Å². The number of fused-ring (bicyclic) bond motifs is 1. The van der Waals surface area contributed by atoms with Crippen molar-refractivity contribution in [3.05, 3.63) is 53.6 Å². The standard InChI is InChI=1S/C21H18N4O5/c1-21(9-13-6-7-16-17(8-13)30-12-29-16)19(27)25(20(28)24-21)11-18(26)23-15-5-3-2-4-14(15)10-22/h2-8H,9,11-12H2,1H3,(H,23,26)(H,24,28)/t21-/m1/s1. The number of rotatable bonds is 5. The number of nitriles is 1. The Morgan fingerprint density at radius 3 is 2.80 bits per heavy atom. The molecule has 2 aromatic carbocycles. The molecule has 2 heterocycles. The molecule has 2 aromatic rings. The lowest BCUT2D eigenvalue weighted by molar-refractivity contribution is -0.133. The molecular formula is C21H18N4O5. The van der Waals surface area contributed by atoms with Crippen LogP contribution in [0.25, 0.3) is 0 Å². The number of urea groups is 1. The number of carbonyl (C=O) groups excluding carboxylic acids is 3. The van der Waals surface area contributed by atoms with Crippen LogP contribution in [0.15, 0.2) is 42.5 Å². The molecule has 0 spiro atoms. The van der Waals surface area contributed by atoms with E-state index in [1.165, 1.54) is 0 Å². The van der Waals surface area contributed by atoms with Gasteiger partial charge in [-0.3, -0.25) is 14.5 Å². The molecule has 9 nitrogen and oxygen atoms in total. The summed E-state index contributed by atoms with van der Waals surface area (Å²) >= 11 is 0. The van der Waals surface area contributed by atoms with E-state index in [0.717, 1.165) is 10.5 Å². The Morgan fingerprint density at radius 1 is 1.23 bits per heavy atom. The summed E-state index contributed by atoms with van der Waals surface area (Å²) in [6.45, 7) is 1.30. The highest BCUT2D eigenvalue weighted by molar-refractivity contribution is 6.10. The molecule has 2 aliphatic rings. The van der Waals surface area contributed by atoms with Gasteiger partial charge in [0.05, 0.1) is 11.3 Å². The maximum atomic E-state index is 12.9. The molecule has 152 valence electrons. The monoisotopic (exact) mass is 406 g/mol. The van der Waals surface area contributed by atoms with Crippen LogP contribution in [0.5, 0.6) is 11.5 Å². The molecule has 0 bridgehead atoms. The average molecular weight is 406 g/mol. The number of para-hydroxylation sites is 1. The minimum atomic E-state index is -1.20. The number of amides is 4. The highest BCUT2D eigenvalue weighted by Gasteiger charge is 2.48. The van der Waals surface area contributed by atoms with Gasteiger partial charge >= 0.3 is 6.03 Å². The first-order valence-electron chi connectivity index (χ1n) is 9.21. The highest BCUT2D eigenvalue weighted by atomic mass is 16.7. The van der Waals surface area contributed by atoms with Crippen LogP contribution in [0.2, 0.25) is 0 Å². The second-order valence-electron chi connectivity index (χ2n) is 7.22. The molecule has 0 aromatic heterocycles. The molecule has 2 aliphatic heterocycles. The molecule has 30 heavy (non-hydrogen) atoms. The minimum absolute atomic E-state index is 0.142. The zero-order chi connectivity index (χ0) is 21.3. The minimum Gasteiger partial charge on any atom is -0.454 e. The lowest BCUT2D eigenvalue weighted by Crippen LogP contribution is -2.46. The van der Waals surface area contributed by atoms with Gasteiger partial charge in [0.1, 0.15) is 18.2 Å². The Labute approximate surface area is 172 Å². The largest absolute Gasteiger partial charge is 0.454 e. The number of benzene rings is 2. The van der Waals surface area contributed by atoms with Gasteiger partial charge in [-0.05, 0) is 36.8 Å². The van der Waals surface area contributed by atoms with Crippen molar-refractivity contribution in [1.29, 1.82) is 5.26 Å². The number of nitrogens with zero attached hydrogens (tertiary/aromatic N) is 2. The van der Waals surface area contributed by atoms with Crippen LogP contribution in [0.3, 0.4) is 0 Å². The predicted molar refractivity (Wildman–Crippen MR) is 105 cm³/mol. The van der Waals surface area contributed by atoms with Crippen LogP contribution in [-0.4, -0.2) is 41.6 Å². The van der Waals surface area contributed by atoms with Crippen molar-refractivity contribution in [1.82, 2.24) is 10.2 Å². The lowest BCUT2D eigenvalue weighted by Gasteiger charge is -2.22. The topological polar surface area (TPSA) is 121 Å². The van der Waals surface area contributed by atoms with Crippen LogP contribution in [0.1, 0.15) is 18.1 Å². The van der Waals surface area contributed by atoms with Gasteiger partial charge < -0.3 is 20.1 Å². The fourth-order valence-corrected chi connectivity index (χ4v) is 3.49. The molecule has 4 amide bonds. The first-order valence-corrected chi connectivity index (χ1v) is 9.21. The van der Waals surface area contributed by atoms with Crippen LogP contribution in [-0.2, 0) is 16.0 Å². The Balaban J connectivity index is 1.45. The Bertz CT molecular complexity index is 1090. The van der Waals surface area contributed by atoms with Gasteiger partial charge in [0.2, 0.25) is 12.7 Å². The van der Waals surface area contributed by atoms with Crippen molar-refractivity contribution in [3.63, 3.8) is 0 Å². The van der Waals surface area contributed by atoms with Gasteiger partial charge in [0.25, 0.3) is 5.91 Å². The molecule has 1 saturated heterocycles. The first-order chi connectivity index (χ1) is 14.4. The summed E-state index contributed by atoms with van der Waals surface area (Å²) in [5.41, 5.74) is 0.191. The van der Waals surface area contributed by atoms with E-state index < -0.39 is 29.9 Å². The maximum Gasteiger partial charge on any atom is 0.325 e. The first kappa shape index (κ1) is 19.3. The molecule has 1 atom stereocenters. The number of ether oxygens (including phenoxy) is 2. The van der Waals surface area contributed by atoms with Gasteiger partial charge in [0.15, 0.2) is 11.5 Å². The molecule has 1 fully saturated rings. The van der Waals surface area contributed by atoms with Crippen molar-refractivity contribution in [3.8, 4) is 17.6 Å². The quantitative estimate of drug-likeness (QED) is 0.730. The number of hydrogen-bond donors (Lipinski definition) is 2. The van der Waals surface area contributed by atoms with Gasteiger partial charge in [-0.15, -0.1) is 0 Å². The van der Waals surface area contributed by atoms with Crippen LogP contribution >= 0.6 is 0 Å². The highest BCUT2D eigenvalue weighted by Crippen LogP contribution is 2.34. The average Bonchev–Trinajstić information content (AvgIpc) is 3.26. The summed E-state index contributed by atoms with van der Waals surface area (Å²) in [6, 6.07) is 13.1. The summed E-state index contributed by atoms with van der Waals surface area (Å²) in [5, 5.41) is 14.4. The SMILES string of the molecule is C[C@]1(Cc2ccc3c(c2)OCO3)NC(=O)N(CC(=O)Nc2ccccc2C#N)C1=O. The zero-order valence-corrected chi connectivity index (χ0v) is 16.1. The third kappa shape index (κ3) is 3.51. The van der Waals surface area contributed by atoms with Gasteiger partial charge in [0, 0.05) is 6.42 Å². The van der Waals surface area contributed by atoms with E-state index in [2.05, 4.69) is 10.6 Å². The molecule has 0 saturated carbocycles. The summed E-state index contributed by atoms with van der Waals surface area (Å²) in [5.74, 6) is 0.129. The molecule has 2 N–H and O–H groups in total. The van der Waals surface area contributed by atoms with Crippen molar-refractivity contribution < 1.29 is 23.9 Å². The van der Waals surface area contributed by atoms with E-state index in [1.807, 2.05) is 6.07 Å². The zero-order valence-electron chi connectivity index (χ0n) is 16.1. The van der Waals surface area contributed by atoms with Crippen LogP contribution < -0.4 is 20.1 Å². The summed E-state index contributed by atoms with van der Waals surface area (Å²) in [7, 11) is 0. The normalized spacial score (nSPS) is 19.4. The molecule has 0 unspecified atom stereocenters. The number of carbonyl (C=O) groups is 3. The maximum absolute atomic E-state index is 12.9. The van der Waals surface area contributed by atoms with Gasteiger partial charge in [-0.2, -0.15) is 5.26 Å². The lowest BCUT2D eigenvalue weighted by atomic mass is 9.92. The van der Waals surface area contributed by atoms with E-state index in [9.17, 15) is 14.4 Å². The fourth-order valence-electron chi connectivity index (χ4n) is 3.49. The Hall–Kier alpha value is -4.06. The molecule has 9 heteroatoms. The Kier molecular flexibility index (Phi) is 4.75. The van der Waals surface area contributed by atoms with E-state index in [-0.39, 0.29) is 18.8 Å². The number of nitrogens with one attached hydrogen (secondary N) is 2. The van der Waals surface area contributed by atoms with Crippen LogP contribution in [0, 0.1) is 11.3 Å². The molecular weight excluding hydrogens is 388 g/mol. The van der Waals surface area contributed by atoms with E-state index in [1.54, 1.807) is 49.4 Å². The third-order valence-corrected chi connectivity index (χ3v) is 4.96. The molecule has 0 radical (unpaired) electrons. The smallest absolute Gasteiger partial charge is 0.325 e. The number of imide groups is 1. The molecule has 4 rings (SSSR count). The van der Waals surface area contributed by atoms with Gasteiger partial charge in [-0.25, -0.2) is 4.79 Å². The van der Waals surface area contributed by atoms with E-state index >= 15 is 0 Å².